The number of hydrogen-bond acceptors (Lipinski definition) is 4. The standard InChI is InChI=1S/C25H29N3O3/c1-31-20-13-11-18(12-14-20)15-16-28(25(30)19-7-3-2-4-8-19)17-23-26-22-10-6-5-9-21(22)24(29)27-23/h5-6,9-14,19H,2-4,7-8,15-17H2,1H3,(H,26,27,29). The molecule has 0 aliphatic heterocycles. The average Bonchev–Trinajstić information content (AvgIpc) is 2.82. The van der Waals surface area contributed by atoms with Crippen LogP contribution in [0.25, 0.3) is 10.9 Å². The average molecular weight is 420 g/mol. The van der Waals surface area contributed by atoms with Crippen LogP contribution in [0.4, 0.5) is 0 Å². The van der Waals surface area contributed by atoms with E-state index in [1.165, 1.54) is 6.42 Å². The number of hydrogen-bond donors (Lipinski definition) is 1. The normalized spacial score (nSPS) is 14.5. The first-order chi connectivity index (χ1) is 15.1. The first-order valence-corrected chi connectivity index (χ1v) is 11.0. The Morgan fingerprint density at radius 2 is 1.84 bits per heavy atom. The zero-order valence-corrected chi connectivity index (χ0v) is 18.0. The molecule has 0 spiro atoms. The predicted molar refractivity (Wildman–Crippen MR) is 121 cm³/mol. The zero-order valence-electron chi connectivity index (χ0n) is 18.0. The van der Waals surface area contributed by atoms with Gasteiger partial charge in [-0.2, -0.15) is 0 Å². The lowest BCUT2D eigenvalue weighted by atomic mass is 9.88. The molecule has 3 aromatic rings. The van der Waals surface area contributed by atoms with Crippen molar-refractivity contribution >= 4 is 16.8 Å². The molecule has 1 heterocycles. The van der Waals surface area contributed by atoms with E-state index in [-0.39, 0.29) is 17.4 Å². The molecule has 1 aliphatic rings. The molecule has 0 atom stereocenters. The second kappa shape index (κ2) is 9.77. The largest absolute Gasteiger partial charge is 0.497 e. The van der Waals surface area contributed by atoms with E-state index in [2.05, 4.69) is 9.97 Å². The third-order valence-corrected chi connectivity index (χ3v) is 6.10. The Kier molecular flexibility index (Phi) is 6.65. The Morgan fingerprint density at radius 3 is 2.58 bits per heavy atom. The molecular weight excluding hydrogens is 390 g/mol. The van der Waals surface area contributed by atoms with E-state index < -0.39 is 0 Å². The van der Waals surface area contributed by atoms with Gasteiger partial charge in [0.05, 0.1) is 24.6 Å². The summed E-state index contributed by atoms with van der Waals surface area (Å²) in [5.74, 6) is 1.58. The first kappa shape index (κ1) is 21.1. The fraction of sp³-hybridized carbons (Fsp3) is 0.400. The van der Waals surface area contributed by atoms with Gasteiger partial charge in [0.15, 0.2) is 0 Å². The van der Waals surface area contributed by atoms with Crippen LogP contribution in [0.15, 0.2) is 53.3 Å². The number of aromatic amines is 1. The number of benzene rings is 2. The second-order valence-electron chi connectivity index (χ2n) is 8.22. The lowest BCUT2D eigenvalue weighted by molar-refractivity contribution is -0.137. The first-order valence-electron chi connectivity index (χ1n) is 11.0. The van der Waals surface area contributed by atoms with E-state index >= 15 is 0 Å². The van der Waals surface area contributed by atoms with E-state index in [1.807, 2.05) is 47.4 Å². The van der Waals surface area contributed by atoms with Crippen molar-refractivity contribution in [2.24, 2.45) is 5.92 Å². The maximum Gasteiger partial charge on any atom is 0.258 e. The third-order valence-electron chi connectivity index (χ3n) is 6.10. The maximum atomic E-state index is 13.4. The van der Waals surface area contributed by atoms with Gasteiger partial charge in [0.2, 0.25) is 5.91 Å². The van der Waals surface area contributed by atoms with E-state index in [9.17, 15) is 9.59 Å². The van der Waals surface area contributed by atoms with Crippen molar-refractivity contribution < 1.29 is 9.53 Å². The van der Waals surface area contributed by atoms with Gasteiger partial charge in [-0.05, 0) is 49.1 Å². The number of carbonyl (C=O) groups excluding carboxylic acids is 1. The number of aromatic nitrogens is 2. The molecule has 4 rings (SSSR count). The number of H-pyrrole nitrogens is 1. The van der Waals surface area contributed by atoms with Crippen LogP contribution in [-0.2, 0) is 17.8 Å². The molecular formula is C25H29N3O3. The minimum atomic E-state index is -0.166. The Hall–Kier alpha value is -3.15. The molecule has 0 saturated heterocycles. The van der Waals surface area contributed by atoms with Crippen LogP contribution in [0.1, 0.15) is 43.5 Å². The molecule has 6 nitrogen and oxygen atoms in total. The van der Waals surface area contributed by atoms with Gasteiger partial charge in [0.25, 0.3) is 5.56 Å². The lowest BCUT2D eigenvalue weighted by Crippen LogP contribution is -2.38. The Morgan fingerprint density at radius 1 is 1.10 bits per heavy atom. The van der Waals surface area contributed by atoms with Crippen LogP contribution in [0.5, 0.6) is 5.75 Å². The van der Waals surface area contributed by atoms with Gasteiger partial charge in [0.1, 0.15) is 11.6 Å². The summed E-state index contributed by atoms with van der Waals surface area (Å²) < 4.78 is 5.23. The summed E-state index contributed by atoms with van der Waals surface area (Å²) >= 11 is 0. The summed E-state index contributed by atoms with van der Waals surface area (Å²) in [5.41, 5.74) is 1.63. The SMILES string of the molecule is COc1ccc(CCN(Cc2nc3ccccc3c(=O)[nH]2)C(=O)C2CCCCC2)cc1. The highest BCUT2D eigenvalue weighted by molar-refractivity contribution is 5.79. The monoisotopic (exact) mass is 419 g/mol. The summed E-state index contributed by atoms with van der Waals surface area (Å²) in [7, 11) is 1.65. The minimum Gasteiger partial charge on any atom is -0.497 e. The molecule has 0 unspecified atom stereocenters. The van der Waals surface area contributed by atoms with Crippen LogP contribution >= 0.6 is 0 Å². The molecule has 31 heavy (non-hydrogen) atoms. The zero-order chi connectivity index (χ0) is 21.6. The molecule has 6 heteroatoms. The molecule has 1 fully saturated rings. The Bertz CT molecular complexity index is 1090. The molecule has 1 amide bonds. The van der Waals surface area contributed by atoms with E-state index in [4.69, 9.17) is 4.74 Å². The summed E-state index contributed by atoms with van der Waals surface area (Å²) in [4.78, 5) is 35.2. The van der Waals surface area contributed by atoms with Gasteiger partial charge in [-0.1, -0.05) is 43.5 Å². The summed E-state index contributed by atoms with van der Waals surface area (Å²) in [6, 6.07) is 15.2. The number of nitrogens with zero attached hydrogens (tertiary/aromatic N) is 2. The van der Waals surface area contributed by atoms with Crippen molar-refractivity contribution in [3.8, 4) is 5.75 Å². The van der Waals surface area contributed by atoms with E-state index in [0.717, 1.165) is 43.4 Å². The fourth-order valence-corrected chi connectivity index (χ4v) is 4.32. The van der Waals surface area contributed by atoms with Gasteiger partial charge in [-0.3, -0.25) is 9.59 Å². The topological polar surface area (TPSA) is 75.3 Å². The lowest BCUT2D eigenvalue weighted by Gasteiger charge is -2.29. The van der Waals surface area contributed by atoms with Crippen LogP contribution < -0.4 is 10.3 Å². The van der Waals surface area contributed by atoms with Crippen LogP contribution in [0, 0.1) is 5.92 Å². The van der Waals surface area contributed by atoms with Crippen molar-refractivity contribution in [2.45, 2.75) is 45.1 Å². The Balaban J connectivity index is 1.55. The number of nitrogens with one attached hydrogen (secondary N) is 1. The molecule has 162 valence electrons. The maximum absolute atomic E-state index is 13.4. The molecule has 0 radical (unpaired) electrons. The second-order valence-corrected chi connectivity index (χ2v) is 8.22. The molecule has 1 aromatic heterocycles. The van der Waals surface area contributed by atoms with Gasteiger partial charge in [-0.25, -0.2) is 4.98 Å². The number of rotatable bonds is 7. The molecule has 1 saturated carbocycles. The fourth-order valence-electron chi connectivity index (χ4n) is 4.32. The minimum absolute atomic E-state index is 0.0665. The predicted octanol–water partition coefficient (Wildman–Crippen LogP) is 4.08. The molecule has 2 aromatic carbocycles. The number of carbonyl (C=O) groups is 1. The van der Waals surface area contributed by atoms with Crippen molar-refractivity contribution in [3.05, 3.63) is 70.3 Å². The number of methoxy groups -OCH3 is 1. The van der Waals surface area contributed by atoms with Crippen molar-refractivity contribution in [3.63, 3.8) is 0 Å². The van der Waals surface area contributed by atoms with Crippen LogP contribution in [0.2, 0.25) is 0 Å². The van der Waals surface area contributed by atoms with Crippen molar-refractivity contribution in [1.82, 2.24) is 14.9 Å². The van der Waals surface area contributed by atoms with E-state index in [1.54, 1.807) is 13.2 Å². The number of ether oxygens (including phenoxy) is 1. The number of fused-ring (bicyclic) bond motifs is 1. The number of amides is 1. The summed E-state index contributed by atoms with van der Waals surface area (Å²) in [6.07, 6.45) is 6.04. The van der Waals surface area contributed by atoms with Crippen molar-refractivity contribution in [1.29, 1.82) is 0 Å². The Labute approximate surface area is 182 Å². The highest BCUT2D eigenvalue weighted by atomic mass is 16.5. The summed E-state index contributed by atoms with van der Waals surface area (Å²) in [6.45, 7) is 0.893. The van der Waals surface area contributed by atoms with Crippen LogP contribution in [0.3, 0.4) is 0 Å². The van der Waals surface area contributed by atoms with Crippen LogP contribution in [-0.4, -0.2) is 34.4 Å². The van der Waals surface area contributed by atoms with Gasteiger partial charge < -0.3 is 14.6 Å². The molecule has 1 aliphatic carbocycles. The van der Waals surface area contributed by atoms with Gasteiger partial charge in [0, 0.05) is 12.5 Å². The highest BCUT2D eigenvalue weighted by Crippen LogP contribution is 2.26. The summed E-state index contributed by atoms with van der Waals surface area (Å²) in [5, 5.41) is 0.564. The molecule has 1 N–H and O–H groups in total. The van der Waals surface area contributed by atoms with Gasteiger partial charge in [-0.15, -0.1) is 0 Å². The smallest absolute Gasteiger partial charge is 0.258 e. The highest BCUT2D eigenvalue weighted by Gasteiger charge is 2.26. The van der Waals surface area contributed by atoms with Gasteiger partial charge >= 0.3 is 0 Å². The quantitative estimate of drug-likeness (QED) is 0.626. The number of para-hydroxylation sites is 1. The van der Waals surface area contributed by atoms with Crippen molar-refractivity contribution in [2.75, 3.05) is 13.7 Å². The third kappa shape index (κ3) is 5.13. The molecule has 0 bridgehead atoms. The van der Waals surface area contributed by atoms with E-state index in [0.29, 0.717) is 29.8 Å².